The van der Waals surface area contributed by atoms with E-state index >= 15 is 0 Å². The molecule has 0 radical (unpaired) electrons. The summed E-state index contributed by atoms with van der Waals surface area (Å²) in [5.74, 6) is -0.759. The van der Waals surface area contributed by atoms with Gasteiger partial charge >= 0.3 is 0 Å². The molecule has 0 bridgehead atoms. The summed E-state index contributed by atoms with van der Waals surface area (Å²) < 4.78 is 0. The molecular formula is C36H44N4O2. The van der Waals surface area contributed by atoms with Crippen molar-refractivity contribution in [3.8, 4) is 0 Å². The molecular weight excluding hydrogens is 520 g/mol. The summed E-state index contributed by atoms with van der Waals surface area (Å²) >= 11 is 0. The van der Waals surface area contributed by atoms with Gasteiger partial charge in [-0.15, -0.1) is 0 Å². The summed E-state index contributed by atoms with van der Waals surface area (Å²) in [5.41, 5.74) is 8.56. The lowest BCUT2D eigenvalue weighted by atomic mass is 9.62. The Bertz CT molecular complexity index is 1650. The molecule has 3 aliphatic rings. The second kappa shape index (κ2) is 8.55. The maximum atomic E-state index is 12.0. The topological polar surface area (TPSA) is 53.4 Å². The summed E-state index contributed by atoms with van der Waals surface area (Å²) in [4.78, 5) is 9.31. The predicted molar refractivity (Wildman–Crippen MR) is 177 cm³/mol. The van der Waals surface area contributed by atoms with Crippen LogP contribution in [0.15, 0.2) is 48.5 Å². The van der Waals surface area contributed by atoms with E-state index in [9.17, 15) is 10.2 Å². The highest BCUT2D eigenvalue weighted by atomic mass is 16.3. The van der Waals surface area contributed by atoms with Gasteiger partial charge in [-0.05, 0) is 86.7 Å². The largest absolute Gasteiger partial charge is 0.392 e. The first kappa shape index (κ1) is 27.4. The highest BCUT2D eigenvalue weighted by molar-refractivity contribution is 6.09. The minimum absolute atomic E-state index is 0.278. The van der Waals surface area contributed by atoms with Crippen LogP contribution in [0.2, 0.25) is 0 Å². The zero-order valence-corrected chi connectivity index (χ0v) is 26.6. The first-order chi connectivity index (χ1) is 19.7. The van der Waals surface area contributed by atoms with Crippen molar-refractivity contribution in [2.45, 2.75) is 76.9 Å². The van der Waals surface area contributed by atoms with E-state index in [0.717, 1.165) is 22.5 Å². The molecule has 4 aromatic carbocycles. The zero-order valence-electron chi connectivity index (χ0n) is 26.6. The van der Waals surface area contributed by atoms with E-state index in [2.05, 4.69) is 138 Å². The normalized spacial score (nSPS) is 25.8. The molecule has 0 atom stereocenters. The van der Waals surface area contributed by atoms with Gasteiger partial charge in [0.1, 0.15) is 11.3 Å². The summed E-state index contributed by atoms with van der Waals surface area (Å²) in [5, 5.41) is 28.8. The van der Waals surface area contributed by atoms with Crippen molar-refractivity contribution in [2.75, 3.05) is 47.8 Å². The number of hydrogen-bond acceptors (Lipinski definition) is 6. The number of benzene rings is 4. The van der Waals surface area contributed by atoms with Crippen LogP contribution in [0, 0.1) is 13.8 Å². The Morgan fingerprint density at radius 1 is 0.548 bits per heavy atom. The van der Waals surface area contributed by atoms with E-state index in [-0.39, 0.29) is 23.2 Å². The second-order valence-corrected chi connectivity index (χ2v) is 14.0. The van der Waals surface area contributed by atoms with Crippen molar-refractivity contribution >= 4 is 44.3 Å². The molecule has 1 fully saturated rings. The highest BCUT2D eigenvalue weighted by Crippen LogP contribution is 2.58. The third-order valence-corrected chi connectivity index (χ3v) is 11.4. The van der Waals surface area contributed by atoms with Crippen LogP contribution in [-0.4, -0.2) is 61.9 Å². The number of aliphatic hydroxyl groups excluding tert-OH is 2. The summed E-state index contributed by atoms with van der Waals surface area (Å²) in [6.45, 7) is 13.2. The van der Waals surface area contributed by atoms with E-state index in [1.54, 1.807) is 0 Å². The van der Waals surface area contributed by atoms with Gasteiger partial charge < -0.3 is 29.8 Å². The number of aryl methyl sites for hydroxylation is 2. The molecule has 42 heavy (non-hydrogen) atoms. The molecule has 4 aromatic rings. The summed E-state index contributed by atoms with van der Waals surface area (Å²) in [6, 6.07) is 17.6. The second-order valence-electron chi connectivity index (χ2n) is 14.0. The molecule has 6 nitrogen and oxygen atoms in total. The molecule has 2 aliphatic heterocycles. The van der Waals surface area contributed by atoms with Crippen LogP contribution in [0.3, 0.4) is 0 Å². The average molecular weight is 565 g/mol. The lowest BCUT2D eigenvalue weighted by Gasteiger charge is -2.55. The molecule has 1 aliphatic carbocycles. The van der Waals surface area contributed by atoms with E-state index < -0.39 is 12.2 Å². The Morgan fingerprint density at radius 2 is 0.905 bits per heavy atom. The van der Waals surface area contributed by atoms with Crippen LogP contribution in [0.1, 0.15) is 61.8 Å². The standard InChI is InChI=1S/C36H44N4O2/c1-19-15-21-11-13-23(31-27(21)25(17-19)37(7)35(3,4)39(31)9)29-33(41)30(34(29)42)24-14-12-22-16-20(2)18-26-28(22)32(24)40(10)36(5,6)38(26)8/h11-18,29-30,33-34,41-42H,1-10H3. The molecule has 0 unspecified atom stereocenters. The number of rotatable bonds is 2. The minimum Gasteiger partial charge on any atom is -0.392 e. The van der Waals surface area contributed by atoms with E-state index in [1.165, 1.54) is 44.0 Å². The van der Waals surface area contributed by atoms with Crippen LogP contribution < -0.4 is 19.6 Å². The van der Waals surface area contributed by atoms with Gasteiger partial charge in [0.25, 0.3) is 0 Å². The maximum absolute atomic E-state index is 12.0. The maximum Gasteiger partial charge on any atom is 0.106 e. The van der Waals surface area contributed by atoms with Gasteiger partial charge in [-0.2, -0.15) is 0 Å². The van der Waals surface area contributed by atoms with Crippen molar-refractivity contribution in [1.82, 2.24) is 0 Å². The predicted octanol–water partition coefficient (Wildman–Crippen LogP) is 6.46. The Labute approximate surface area is 249 Å². The van der Waals surface area contributed by atoms with Gasteiger partial charge in [-0.1, -0.05) is 36.4 Å². The molecule has 2 N–H and O–H groups in total. The fourth-order valence-electron chi connectivity index (χ4n) is 7.99. The molecule has 0 saturated heterocycles. The Hall–Kier alpha value is -3.48. The molecule has 2 heterocycles. The summed E-state index contributed by atoms with van der Waals surface area (Å²) in [7, 11) is 8.58. The molecule has 0 amide bonds. The van der Waals surface area contributed by atoms with Crippen LogP contribution in [-0.2, 0) is 0 Å². The number of anilines is 4. The fourth-order valence-corrected chi connectivity index (χ4v) is 7.99. The number of nitrogens with zero attached hydrogens (tertiary/aromatic N) is 4. The smallest absolute Gasteiger partial charge is 0.106 e. The highest BCUT2D eigenvalue weighted by Gasteiger charge is 2.54. The minimum atomic E-state index is -0.711. The Balaban J connectivity index is 1.39. The van der Waals surface area contributed by atoms with Gasteiger partial charge in [0.05, 0.1) is 23.6 Å². The van der Waals surface area contributed by atoms with Gasteiger partial charge in [0.2, 0.25) is 0 Å². The fraction of sp³-hybridized carbons (Fsp3) is 0.444. The third kappa shape index (κ3) is 3.28. The Morgan fingerprint density at radius 3 is 1.26 bits per heavy atom. The molecule has 7 rings (SSSR count). The molecule has 0 aromatic heterocycles. The van der Waals surface area contributed by atoms with Crippen molar-refractivity contribution in [3.63, 3.8) is 0 Å². The molecule has 220 valence electrons. The summed E-state index contributed by atoms with van der Waals surface area (Å²) in [6.07, 6.45) is -1.42. The van der Waals surface area contributed by atoms with Crippen LogP contribution in [0.4, 0.5) is 22.7 Å². The van der Waals surface area contributed by atoms with E-state index in [4.69, 9.17) is 0 Å². The van der Waals surface area contributed by atoms with Gasteiger partial charge in [-0.3, -0.25) is 0 Å². The van der Waals surface area contributed by atoms with Crippen LogP contribution in [0.5, 0.6) is 0 Å². The van der Waals surface area contributed by atoms with Gasteiger partial charge in [-0.25, -0.2) is 0 Å². The zero-order chi connectivity index (χ0) is 30.2. The lowest BCUT2D eigenvalue weighted by molar-refractivity contribution is -0.0782. The van der Waals surface area contributed by atoms with E-state index in [0.29, 0.717) is 0 Å². The average Bonchev–Trinajstić information content (AvgIpc) is 2.93. The molecule has 1 saturated carbocycles. The van der Waals surface area contributed by atoms with E-state index in [1.807, 2.05) is 0 Å². The monoisotopic (exact) mass is 564 g/mol. The van der Waals surface area contributed by atoms with Crippen molar-refractivity contribution in [3.05, 3.63) is 70.8 Å². The quantitative estimate of drug-likeness (QED) is 0.292. The molecule has 6 heteroatoms. The van der Waals surface area contributed by atoms with Crippen molar-refractivity contribution in [2.24, 2.45) is 0 Å². The van der Waals surface area contributed by atoms with Crippen molar-refractivity contribution < 1.29 is 10.2 Å². The van der Waals surface area contributed by atoms with Gasteiger partial charge in [0.15, 0.2) is 0 Å². The van der Waals surface area contributed by atoms with Gasteiger partial charge in [0, 0.05) is 62.2 Å². The molecule has 0 spiro atoms. The van der Waals surface area contributed by atoms with Crippen molar-refractivity contribution in [1.29, 1.82) is 0 Å². The SMILES string of the molecule is Cc1cc2c3c(c(C4C(O)C(c5ccc6cc(C)cc7c6c5N(C)C(C)(C)N7C)C4O)ccc3c1)N(C)C(C)(C)N2C. The Kier molecular flexibility index (Phi) is 5.57. The third-order valence-electron chi connectivity index (χ3n) is 11.4. The van der Waals surface area contributed by atoms with Crippen LogP contribution in [0.25, 0.3) is 21.5 Å². The first-order valence-corrected chi connectivity index (χ1v) is 15.1. The van der Waals surface area contributed by atoms with Crippen LogP contribution >= 0.6 is 0 Å². The lowest BCUT2D eigenvalue weighted by Crippen LogP contribution is -2.58. The first-order valence-electron chi connectivity index (χ1n) is 15.1. The number of aliphatic hydroxyl groups is 2. The number of hydrogen-bond donors (Lipinski definition) is 2.